The van der Waals surface area contributed by atoms with Gasteiger partial charge in [-0.15, -0.1) is 0 Å². The molecule has 0 fully saturated rings. The third kappa shape index (κ3) is 4.58. The third-order valence-electron chi connectivity index (χ3n) is 3.89. The van der Waals surface area contributed by atoms with Crippen molar-refractivity contribution in [2.24, 2.45) is 4.99 Å². The Balaban J connectivity index is 1.81. The number of hydrogen-bond donors (Lipinski definition) is 0. The first-order chi connectivity index (χ1) is 12.1. The van der Waals surface area contributed by atoms with E-state index in [2.05, 4.69) is 88.2 Å². The SMILES string of the molecule is CC(C)N(c1ccccc1)c1ccc(N=Cc2cccc(Br)c2)cc1. The lowest BCUT2D eigenvalue weighted by atomic mass is 10.2. The van der Waals surface area contributed by atoms with Crippen LogP contribution in [-0.4, -0.2) is 12.3 Å². The maximum absolute atomic E-state index is 4.57. The summed E-state index contributed by atoms with van der Waals surface area (Å²) in [6.45, 7) is 4.40. The van der Waals surface area contributed by atoms with Gasteiger partial charge < -0.3 is 4.90 Å². The largest absolute Gasteiger partial charge is 0.339 e. The molecule has 3 aromatic carbocycles. The van der Waals surface area contributed by atoms with Crippen molar-refractivity contribution in [3.8, 4) is 0 Å². The number of halogens is 1. The van der Waals surface area contributed by atoms with E-state index in [9.17, 15) is 0 Å². The minimum absolute atomic E-state index is 0.374. The number of para-hydroxylation sites is 1. The molecule has 25 heavy (non-hydrogen) atoms. The van der Waals surface area contributed by atoms with Crippen LogP contribution in [0.25, 0.3) is 0 Å². The minimum atomic E-state index is 0.374. The number of nitrogens with zero attached hydrogens (tertiary/aromatic N) is 2. The summed E-state index contributed by atoms with van der Waals surface area (Å²) in [6, 6.07) is 27.3. The number of rotatable bonds is 5. The molecule has 126 valence electrons. The normalized spacial score (nSPS) is 11.2. The first kappa shape index (κ1) is 17.4. The van der Waals surface area contributed by atoms with Gasteiger partial charge in [-0.2, -0.15) is 0 Å². The molecule has 0 spiro atoms. The van der Waals surface area contributed by atoms with Crippen molar-refractivity contribution in [1.82, 2.24) is 0 Å². The highest BCUT2D eigenvalue weighted by Crippen LogP contribution is 2.29. The zero-order valence-corrected chi connectivity index (χ0v) is 16.0. The highest BCUT2D eigenvalue weighted by Gasteiger charge is 2.12. The van der Waals surface area contributed by atoms with E-state index in [1.165, 1.54) is 11.4 Å². The molecule has 0 aliphatic carbocycles. The molecule has 0 unspecified atom stereocenters. The van der Waals surface area contributed by atoms with Gasteiger partial charge >= 0.3 is 0 Å². The Bertz CT molecular complexity index is 839. The second kappa shape index (κ2) is 8.13. The predicted octanol–water partition coefficient (Wildman–Crippen LogP) is 6.75. The first-order valence-corrected chi connectivity index (χ1v) is 9.17. The summed E-state index contributed by atoms with van der Waals surface area (Å²) < 4.78 is 1.06. The van der Waals surface area contributed by atoms with Crippen LogP contribution in [0.15, 0.2) is 88.3 Å². The van der Waals surface area contributed by atoms with Crippen LogP contribution in [0.2, 0.25) is 0 Å². The van der Waals surface area contributed by atoms with Crippen LogP contribution in [0.1, 0.15) is 19.4 Å². The lowest BCUT2D eigenvalue weighted by Gasteiger charge is -2.29. The Kier molecular flexibility index (Phi) is 5.67. The van der Waals surface area contributed by atoms with Gasteiger partial charge in [-0.1, -0.05) is 46.3 Å². The van der Waals surface area contributed by atoms with Gasteiger partial charge in [0.15, 0.2) is 0 Å². The molecule has 0 saturated heterocycles. The van der Waals surface area contributed by atoms with Crippen LogP contribution in [0.5, 0.6) is 0 Å². The van der Waals surface area contributed by atoms with Gasteiger partial charge in [-0.3, -0.25) is 4.99 Å². The van der Waals surface area contributed by atoms with Crippen LogP contribution in [0.4, 0.5) is 17.1 Å². The molecule has 3 rings (SSSR count). The summed E-state index contributed by atoms with van der Waals surface area (Å²) in [6.07, 6.45) is 1.89. The van der Waals surface area contributed by atoms with Crippen molar-refractivity contribution in [1.29, 1.82) is 0 Å². The molecule has 0 aliphatic heterocycles. The molecule has 0 saturated carbocycles. The lowest BCUT2D eigenvalue weighted by Crippen LogP contribution is -2.25. The predicted molar refractivity (Wildman–Crippen MR) is 112 cm³/mol. The average Bonchev–Trinajstić information content (AvgIpc) is 2.62. The molecular weight excluding hydrogens is 372 g/mol. The Morgan fingerprint density at radius 1 is 0.840 bits per heavy atom. The molecule has 0 bridgehead atoms. The summed E-state index contributed by atoms with van der Waals surface area (Å²) in [5.74, 6) is 0. The second-order valence-corrected chi connectivity index (χ2v) is 7.04. The van der Waals surface area contributed by atoms with Crippen LogP contribution >= 0.6 is 15.9 Å². The van der Waals surface area contributed by atoms with E-state index in [-0.39, 0.29) is 0 Å². The van der Waals surface area contributed by atoms with Crippen molar-refractivity contribution >= 4 is 39.2 Å². The van der Waals surface area contributed by atoms with Crippen LogP contribution < -0.4 is 4.90 Å². The summed E-state index contributed by atoms with van der Waals surface area (Å²) in [5.41, 5.74) is 4.39. The quantitative estimate of drug-likeness (QED) is 0.438. The monoisotopic (exact) mass is 392 g/mol. The standard InChI is InChI=1S/C22H21BrN2/c1-17(2)25(21-9-4-3-5-10-21)22-13-11-20(12-14-22)24-16-18-7-6-8-19(23)15-18/h3-17H,1-2H3. The van der Waals surface area contributed by atoms with Crippen molar-refractivity contribution in [3.05, 3.63) is 88.9 Å². The third-order valence-corrected chi connectivity index (χ3v) is 4.38. The zero-order chi connectivity index (χ0) is 17.6. The topological polar surface area (TPSA) is 15.6 Å². The molecule has 2 nitrogen and oxygen atoms in total. The van der Waals surface area contributed by atoms with Gasteiger partial charge in [0.1, 0.15) is 0 Å². The molecule has 3 aromatic rings. The molecule has 0 aromatic heterocycles. The van der Waals surface area contributed by atoms with Crippen LogP contribution in [-0.2, 0) is 0 Å². The van der Waals surface area contributed by atoms with Crippen LogP contribution in [0, 0.1) is 0 Å². The number of benzene rings is 3. The second-order valence-electron chi connectivity index (χ2n) is 6.13. The van der Waals surface area contributed by atoms with Gasteiger partial charge in [0.05, 0.1) is 5.69 Å². The van der Waals surface area contributed by atoms with E-state index in [0.717, 1.165) is 15.7 Å². The van der Waals surface area contributed by atoms with E-state index in [0.29, 0.717) is 6.04 Å². The molecule has 0 aliphatic rings. The van der Waals surface area contributed by atoms with Crippen molar-refractivity contribution in [2.45, 2.75) is 19.9 Å². The fourth-order valence-corrected chi connectivity index (χ4v) is 3.19. The highest BCUT2D eigenvalue weighted by atomic mass is 79.9. The molecule has 0 atom stereocenters. The fourth-order valence-electron chi connectivity index (χ4n) is 2.77. The lowest BCUT2D eigenvalue weighted by molar-refractivity contribution is 0.789. The summed E-state index contributed by atoms with van der Waals surface area (Å²) in [4.78, 5) is 6.89. The van der Waals surface area contributed by atoms with Gasteiger partial charge in [-0.25, -0.2) is 0 Å². The fraction of sp³-hybridized carbons (Fsp3) is 0.136. The molecule has 0 N–H and O–H groups in total. The Hall–Kier alpha value is -2.39. The smallest absolute Gasteiger partial charge is 0.0631 e. The van der Waals surface area contributed by atoms with Crippen molar-refractivity contribution in [2.75, 3.05) is 4.90 Å². The van der Waals surface area contributed by atoms with E-state index in [1.807, 2.05) is 36.5 Å². The van der Waals surface area contributed by atoms with Gasteiger partial charge in [0.2, 0.25) is 0 Å². The first-order valence-electron chi connectivity index (χ1n) is 8.37. The summed E-state index contributed by atoms with van der Waals surface area (Å²) in [7, 11) is 0. The summed E-state index contributed by atoms with van der Waals surface area (Å²) >= 11 is 3.48. The maximum Gasteiger partial charge on any atom is 0.0631 e. The number of aliphatic imine (C=N–C) groups is 1. The maximum atomic E-state index is 4.57. The highest BCUT2D eigenvalue weighted by molar-refractivity contribution is 9.10. The average molecular weight is 393 g/mol. The number of hydrogen-bond acceptors (Lipinski definition) is 2. The van der Waals surface area contributed by atoms with E-state index in [4.69, 9.17) is 0 Å². The van der Waals surface area contributed by atoms with Crippen LogP contribution in [0.3, 0.4) is 0 Å². The Morgan fingerprint density at radius 3 is 2.16 bits per heavy atom. The van der Waals surface area contributed by atoms with Crippen molar-refractivity contribution in [3.63, 3.8) is 0 Å². The van der Waals surface area contributed by atoms with Gasteiger partial charge in [-0.05, 0) is 67.9 Å². The van der Waals surface area contributed by atoms with E-state index >= 15 is 0 Å². The molecule has 0 heterocycles. The van der Waals surface area contributed by atoms with Gasteiger partial charge in [0.25, 0.3) is 0 Å². The summed E-state index contributed by atoms with van der Waals surface area (Å²) in [5, 5.41) is 0. The zero-order valence-electron chi connectivity index (χ0n) is 14.4. The van der Waals surface area contributed by atoms with E-state index < -0.39 is 0 Å². The van der Waals surface area contributed by atoms with E-state index in [1.54, 1.807) is 0 Å². The molecule has 3 heteroatoms. The molecule has 0 radical (unpaired) electrons. The Labute approximate surface area is 158 Å². The number of anilines is 2. The minimum Gasteiger partial charge on any atom is -0.339 e. The molecule has 0 amide bonds. The Morgan fingerprint density at radius 2 is 1.52 bits per heavy atom. The van der Waals surface area contributed by atoms with Gasteiger partial charge in [0, 0.05) is 28.1 Å². The molecular formula is C22H21BrN2. The van der Waals surface area contributed by atoms with Crippen molar-refractivity contribution < 1.29 is 0 Å².